The number of Topliss-reactive ketones (excluding diaryl/α,β-unsaturated/α-hetero) is 1. The molecule has 0 aromatic carbocycles. The highest BCUT2D eigenvalue weighted by molar-refractivity contribution is 5.93. The molecule has 2 heterocycles. The summed E-state index contributed by atoms with van der Waals surface area (Å²) in [5.74, 6) is 0.493. The van der Waals surface area contributed by atoms with E-state index in [4.69, 9.17) is 0 Å². The highest BCUT2D eigenvalue weighted by Crippen LogP contribution is 1.97. The molecule has 7 nitrogen and oxygen atoms in total. The van der Waals surface area contributed by atoms with Gasteiger partial charge in [0, 0.05) is 38.7 Å². The number of imidazole rings is 1. The minimum Gasteiger partial charge on any atom is -0.333 e. The maximum atomic E-state index is 12.0. The summed E-state index contributed by atoms with van der Waals surface area (Å²) < 4.78 is 4.22. The van der Waals surface area contributed by atoms with Crippen LogP contribution in [0.3, 0.4) is 0 Å². The zero-order valence-corrected chi connectivity index (χ0v) is 11.7. The predicted molar refractivity (Wildman–Crippen MR) is 72.9 cm³/mol. The van der Waals surface area contributed by atoms with E-state index in [0.29, 0.717) is 13.1 Å². The number of rotatable bonds is 4. The summed E-state index contributed by atoms with van der Waals surface area (Å²) in [4.78, 5) is 39.3. The lowest BCUT2D eigenvalue weighted by molar-refractivity contribution is 0.101. The van der Waals surface area contributed by atoms with Gasteiger partial charge in [0.25, 0.3) is 5.56 Å². The molecule has 106 valence electrons. The van der Waals surface area contributed by atoms with Crippen molar-refractivity contribution in [2.24, 2.45) is 7.05 Å². The lowest BCUT2D eigenvalue weighted by Gasteiger charge is -2.10. The van der Waals surface area contributed by atoms with Crippen LogP contribution < -0.4 is 11.2 Å². The van der Waals surface area contributed by atoms with Gasteiger partial charge in [0.1, 0.15) is 5.82 Å². The predicted octanol–water partition coefficient (Wildman–Crippen LogP) is -0.0453. The highest BCUT2D eigenvalue weighted by atomic mass is 16.2. The number of hydrogen-bond acceptors (Lipinski definition) is 4. The van der Waals surface area contributed by atoms with Gasteiger partial charge in [-0.25, -0.2) is 9.78 Å². The van der Waals surface area contributed by atoms with Gasteiger partial charge in [0.15, 0.2) is 5.78 Å². The molecule has 0 N–H and O–H groups in total. The third kappa shape index (κ3) is 2.47. The number of carbonyl (C=O) groups is 1. The molecule has 0 aliphatic rings. The van der Waals surface area contributed by atoms with E-state index in [1.54, 1.807) is 6.20 Å². The molecule has 7 heteroatoms. The summed E-state index contributed by atoms with van der Waals surface area (Å²) in [6.07, 6.45) is 4.83. The zero-order chi connectivity index (χ0) is 14.9. The Bertz CT molecular complexity index is 767. The number of hydrogen-bond donors (Lipinski definition) is 0. The zero-order valence-electron chi connectivity index (χ0n) is 11.7. The van der Waals surface area contributed by atoms with Gasteiger partial charge in [-0.1, -0.05) is 0 Å². The maximum Gasteiger partial charge on any atom is 0.330 e. The van der Waals surface area contributed by atoms with Gasteiger partial charge in [-0.3, -0.25) is 18.7 Å². The Hall–Kier alpha value is -2.44. The van der Waals surface area contributed by atoms with E-state index in [-0.39, 0.29) is 11.3 Å². The third-order valence-corrected chi connectivity index (χ3v) is 3.24. The summed E-state index contributed by atoms with van der Waals surface area (Å²) in [5.41, 5.74) is -0.968. The fourth-order valence-corrected chi connectivity index (χ4v) is 1.98. The first-order valence-electron chi connectivity index (χ1n) is 6.21. The molecule has 2 rings (SSSR count). The lowest BCUT2D eigenvalue weighted by Crippen LogP contribution is -2.40. The van der Waals surface area contributed by atoms with Crippen molar-refractivity contribution in [2.45, 2.75) is 26.9 Å². The Morgan fingerprint density at radius 3 is 2.45 bits per heavy atom. The Balaban J connectivity index is 2.37. The Kier molecular flexibility index (Phi) is 3.69. The van der Waals surface area contributed by atoms with Gasteiger partial charge in [0.2, 0.25) is 0 Å². The molecule has 20 heavy (non-hydrogen) atoms. The van der Waals surface area contributed by atoms with Crippen molar-refractivity contribution in [3.8, 4) is 0 Å². The summed E-state index contributed by atoms with van der Waals surface area (Å²) in [5, 5.41) is 0. The van der Waals surface area contributed by atoms with E-state index in [1.165, 1.54) is 24.7 Å². The number of aromatic nitrogens is 4. The van der Waals surface area contributed by atoms with Crippen molar-refractivity contribution in [3.05, 3.63) is 50.8 Å². The molecule has 0 aliphatic carbocycles. The number of aryl methyl sites for hydroxylation is 3. The van der Waals surface area contributed by atoms with Crippen LogP contribution in [0.2, 0.25) is 0 Å². The fraction of sp³-hybridized carbons (Fsp3) is 0.385. The van der Waals surface area contributed by atoms with Crippen molar-refractivity contribution in [1.29, 1.82) is 0 Å². The van der Waals surface area contributed by atoms with E-state index in [1.807, 2.05) is 17.7 Å². The maximum absolute atomic E-state index is 12.0. The van der Waals surface area contributed by atoms with Crippen molar-refractivity contribution in [3.63, 3.8) is 0 Å². The molecule has 0 saturated carbocycles. The van der Waals surface area contributed by atoms with Gasteiger partial charge in [-0.2, -0.15) is 0 Å². The van der Waals surface area contributed by atoms with Crippen molar-refractivity contribution < 1.29 is 4.79 Å². The first kappa shape index (κ1) is 14.0. The van der Waals surface area contributed by atoms with Gasteiger partial charge >= 0.3 is 5.69 Å². The van der Waals surface area contributed by atoms with Crippen molar-refractivity contribution in [2.75, 3.05) is 0 Å². The molecule has 0 spiro atoms. The van der Waals surface area contributed by atoms with Gasteiger partial charge in [-0.05, 0) is 13.8 Å². The Labute approximate surface area is 115 Å². The molecule has 0 atom stereocenters. The van der Waals surface area contributed by atoms with E-state index >= 15 is 0 Å². The summed E-state index contributed by atoms with van der Waals surface area (Å²) in [6.45, 7) is 4.09. The second-order valence-corrected chi connectivity index (χ2v) is 4.61. The van der Waals surface area contributed by atoms with E-state index < -0.39 is 11.2 Å². The van der Waals surface area contributed by atoms with E-state index in [2.05, 4.69) is 4.98 Å². The Morgan fingerprint density at radius 2 is 1.90 bits per heavy atom. The summed E-state index contributed by atoms with van der Waals surface area (Å²) in [6, 6.07) is 0. The third-order valence-electron chi connectivity index (χ3n) is 3.24. The molecule has 0 aliphatic heterocycles. The molecular weight excluding hydrogens is 260 g/mol. The number of carbonyl (C=O) groups excluding carboxylic acids is 1. The molecule has 0 saturated heterocycles. The van der Waals surface area contributed by atoms with Crippen LogP contribution in [0.5, 0.6) is 0 Å². The number of nitrogens with zero attached hydrogens (tertiary/aromatic N) is 4. The largest absolute Gasteiger partial charge is 0.333 e. The lowest BCUT2D eigenvalue weighted by atomic mass is 10.2. The molecule has 2 aromatic heterocycles. The van der Waals surface area contributed by atoms with Crippen LogP contribution in [-0.2, 0) is 20.1 Å². The van der Waals surface area contributed by atoms with Crippen LogP contribution in [-0.4, -0.2) is 24.5 Å². The fourth-order valence-electron chi connectivity index (χ4n) is 1.98. The average molecular weight is 276 g/mol. The number of ketones is 1. The quantitative estimate of drug-likeness (QED) is 0.734. The Morgan fingerprint density at radius 1 is 1.25 bits per heavy atom. The molecule has 0 bridgehead atoms. The highest BCUT2D eigenvalue weighted by Gasteiger charge is 2.12. The van der Waals surface area contributed by atoms with Crippen LogP contribution in [0.15, 0.2) is 28.2 Å². The summed E-state index contributed by atoms with van der Waals surface area (Å²) >= 11 is 0. The van der Waals surface area contributed by atoms with Crippen LogP contribution in [0.4, 0.5) is 0 Å². The van der Waals surface area contributed by atoms with Crippen LogP contribution >= 0.6 is 0 Å². The van der Waals surface area contributed by atoms with Crippen LogP contribution in [0.25, 0.3) is 0 Å². The van der Waals surface area contributed by atoms with Crippen LogP contribution in [0.1, 0.15) is 23.1 Å². The van der Waals surface area contributed by atoms with Gasteiger partial charge in [0.05, 0.1) is 5.56 Å². The first-order chi connectivity index (χ1) is 9.41. The molecule has 0 radical (unpaired) electrons. The van der Waals surface area contributed by atoms with E-state index in [0.717, 1.165) is 10.4 Å². The molecule has 0 amide bonds. The van der Waals surface area contributed by atoms with Gasteiger partial charge in [-0.15, -0.1) is 0 Å². The minimum atomic E-state index is -0.558. The minimum absolute atomic E-state index is 0.0226. The van der Waals surface area contributed by atoms with Gasteiger partial charge < -0.3 is 4.57 Å². The van der Waals surface area contributed by atoms with E-state index in [9.17, 15) is 14.4 Å². The molecule has 0 fully saturated rings. The summed E-state index contributed by atoms with van der Waals surface area (Å²) in [7, 11) is 1.37. The second-order valence-electron chi connectivity index (χ2n) is 4.61. The van der Waals surface area contributed by atoms with Crippen molar-refractivity contribution in [1.82, 2.24) is 18.7 Å². The monoisotopic (exact) mass is 276 g/mol. The second kappa shape index (κ2) is 5.28. The topological polar surface area (TPSA) is 78.9 Å². The standard InChI is InChI=1S/C13H16N4O3/c1-9(18)11-8-17(13(20)15(3)12(11)19)7-6-16-5-4-14-10(16)2/h4-5,8H,6-7H2,1-3H3. The normalized spacial score (nSPS) is 10.8. The van der Waals surface area contributed by atoms with Crippen molar-refractivity contribution >= 4 is 5.78 Å². The average Bonchev–Trinajstić information content (AvgIpc) is 2.80. The molecular formula is C13H16N4O3. The SMILES string of the molecule is CC(=O)c1cn(CCn2ccnc2C)c(=O)n(C)c1=O. The molecule has 2 aromatic rings. The smallest absolute Gasteiger partial charge is 0.330 e. The first-order valence-corrected chi connectivity index (χ1v) is 6.21. The van der Waals surface area contributed by atoms with Crippen LogP contribution in [0, 0.1) is 6.92 Å². The molecule has 0 unspecified atom stereocenters.